The first-order chi connectivity index (χ1) is 11.6. The van der Waals surface area contributed by atoms with E-state index < -0.39 is 15.8 Å². The predicted molar refractivity (Wildman–Crippen MR) is 85.3 cm³/mol. The van der Waals surface area contributed by atoms with E-state index in [0.717, 1.165) is 11.8 Å². The number of benzene rings is 1. The summed E-state index contributed by atoms with van der Waals surface area (Å²) in [5.41, 5.74) is 0.797. The van der Waals surface area contributed by atoms with Crippen LogP contribution in [-0.4, -0.2) is 48.5 Å². The highest BCUT2D eigenvalue weighted by atomic mass is 32.2. The number of nitrogens with zero attached hydrogens (tertiary/aromatic N) is 3. The van der Waals surface area contributed by atoms with Crippen molar-refractivity contribution in [3.05, 3.63) is 54.4 Å². The van der Waals surface area contributed by atoms with Gasteiger partial charge in [-0.15, -0.1) is 0 Å². The van der Waals surface area contributed by atoms with Crippen LogP contribution in [0.1, 0.15) is 12.1 Å². The number of aromatic nitrogens is 2. The van der Waals surface area contributed by atoms with Crippen molar-refractivity contribution in [2.24, 2.45) is 0 Å². The Morgan fingerprint density at radius 3 is 2.96 bits per heavy atom. The predicted octanol–water partition coefficient (Wildman–Crippen LogP) is 1.64. The maximum atomic E-state index is 13.4. The summed E-state index contributed by atoms with van der Waals surface area (Å²) in [5, 5.41) is 0. The fraction of sp³-hybridized carbons (Fsp3) is 0.375. The molecule has 0 amide bonds. The van der Waals surface area contributed by atoms with Crippen molar-refractivity contribution in [1.29, 1.82) is 0 Å². The van der Waals surface area contributed by atoms with Gasteiger partial charge in [-0.3, -0.25) is 9.97 Å². The molecule has 128 valence electrons. The van der Waals surface area contributed by atoms with Gasteiger partial charge in [-0.2, -0.15) is 4.31 Å². The van der Waals surface area contributed by atoms with Crippen molar-refractivity contribution in [1.82, 2.24) is 14.3 Å². The lowest BCUT2D eigenvalue weighted by atomic mass is 10.1. The Balaban J connectivity index is 1.78. The van der Waals surface area contributed by atoms with Crippen molar-refractivity contribution in [3.63, 3.8) is 0 Å². The molecule has 1 atom stereocenters. The van der Waals surface area contributed by atoms with Gasteiger partial charge in [0.05, 0.1) is 23.8 Å². The van der Waals surface area contributed by atoms with Crippen molar-refractivity contribution >= 4 is 10.0 Å². The molecule has 0 bridgehead atoms. The molecule has 0 unspecified atom stereocenters. The summed E-state index contributed by atoms with van der Waals surface area (Å²) in [5.74, 6) is -0.569. The molecule has 1 aliphatic rings. The summed E-state index contributed by atoms with van der Waals surface area (Å²) in [4.78, 5) is 8.17. The molecule has 8 heteroatoms. The molecule has 1 fully saturated rings. The van der Waals surface area contributed by atoms with Gasteiger partial charge in [-0.25, -0.2) is 12.8 Å². The smallest absolute Gasteiger partial charge is 0.243 e. The minimum Gasteiger partial charge on any atom is -0.378 e. The molecule has 2 heterocycles. The Bertz CT molecular complexity index is 786. The van der Waals surface area contributed by atoms with Crippen LogP contribution in [0.3, 0.4) is 0 Å². The summed E-state index contributed by atoms with van der Waals surface area (Å²) in [6.07, 6.45) is 6.02. The molecule has 0 saturated carbocycles. The summed E-state index contributed by atoms with van der Waals surface area (Å²) in [6.45, 7) is 0.898. The first kappa shape index (κ1) is 16.9. The van der Waals surface area contributed by atoms with Crippen LogP contribution < -0.4 is 0 Å². The van der Waals surface area contributed by atoms with Crippen LogP contribution in [0.2, 0.25) is 0 Å². The molecule has 24 heavy (non-hydrogen) atoms. The average Bonchev–Trinajstić information content (AvgIpc) is 2.61. The van der Waals surface area contributed by atoms with Crippen LogP contribution in [0, 0.1) is 5.82 Å². The molecule has 0 spiro atoms. The van der Waals surface area contributed by atoms with E-state index in [1.54, 1.807) is 18.6 Å². The van der Waals surface area contributed by atoms with Gasteiger partial charge in [0.25, 0.3) is 0 Å². The number of halogens is 1. The normalized spacial score (nSPS) is 19.3. The Hall–Kier alpha value is -1.90. The summed E-state index contributed by atoms with van der Waals surface area (Å²) >= 11 is 0. The highest BCUT2D eigenvalue weighted by molar-refractivity contribution is 7.89. The number of sulfonamides is 1. The van der Waals surface area contributed by atoms with Gasteiger partial charge in [0, 0.05) is 31.2 Å². The Morgan fingerprint density at radius 2 is 2.21 bits per heavy atom. The molecule has 1 aliphatic heterocycles. The minimum absolute atomic E-state index is 0.0334. The Morgan fingerprint density at radius 1 is 1.33 bits per heavy atom. The average molecular weight is 351 g/mol. The van der Waals surface area contributed by atoms with E-state index in [9.17, 15) is 12.8 Å². The molecule has 1 aromatic carbocycles. The van der Waals surface area contributed by atoms with Crippen LogP contribution in [0.5, 0.6) is 0 Å². The summed E-state index contributed by atoms with van der Waals surface area (Å²) < 4.78 is 45.9. The van der Waals surface area contributed by atoms with Crippen molar-refractivity contribution in [2.75, 3.05) is 19.8 Å². The first-order valence-corrected chi connectivity index (χ1v) is 9.11. The van der Waals surface area contributed by atoms with Crippen molar-refractivity contribution < 1.29 is 17.5 Å². The van der Waals surface area contributed by atoms with E-state index in [1.807, 2.05) is 0 Å². The molecule has 1 saturated heterocycles. The first-order valence-electron chi connectivity index (χ1n) is 7.67. The Kier molecular flexibility index (Phi) is 5.17. The fourth-order valence-corrected chi connectivity index (χ4v) is 4.38. The molecule has 0 radical (unpaired) electrons. The zero-order chi connectivity index (χ0) is 17.0. The summed E-state index contributed by atoms with van der Waals surface area (Å²) in [6, 6.07) is 4.77. The van der Waals surface area contributed by atoms with E-state index in [2.05, 4.69) is 9.97 Å². The van der Waals surface area contributed by atoms with Crippen LogP contribution in [-0.2, 0) is 21.2 Å². The van der Waals surface area contributed by atoms with Gasteiger partial charge < -0.3 is 4.74 Å². The second-order valence-corrected chi connectivity index (χ2v) is 7.43. The zero-order valence-electron chi connectivity index (χ0n) is 13.0. The molecule has 2 aromatic rings. The number of ether oxygens (including phenoxy) is 1. The maximum Gasteiger partial charge on any atom is 0.243 e. The van der Waals surface area contributed by atoms with Crippen LogP contribution in [0.15, 0.2) is 47.8 Å². The van der Waals surface area contributed by atoms with E-state index in [1.165, 1.54) is 22.5 Å². The lowest BCUT2D eigenvalue weighted by Gasteiger charge is -2.34. The third-order valence-electron chi connectivity index (χ3n) is 3.93. The van der Waals surface area contributed by atoms with Gasteiger partial charge in [0.15, 0.2) is 0 Å². The second-order valence-electron chi connectivity index (χ2n) is 5.54. The molecule has 3 rings (SSSR count). The standard InChI is InChI=1S/C16H18FN3O3S/c17-13-2-1-3-16(10-13)24(21,22)20-8-9-23-12-15(20)5-4-14-11-18-6-7-19-14/h1-3,6-7,10-11,15H,4-5,8-9,12H2/t15-/m0/s1. The molecule has 0 aliphatic carbocycles. The van der Waals surface area contributed by atoms with E-state index in [-0.39, 0.29) is 17.5 Å². The molecular formula is C16H18FN3O3S. The quantitative estimate of drug-likeness (QED) is 0.819. The molecule has 1 aromatic heterocycles. The highest BCUT2D eigenvalue weighted by Gasteiger charge is 2.34. The Labute approximate surface area is 140 Å². The highest BCUT2D eigenvalue weighted by Crippen LogP contribution is 2.23. The topological polar surface area (TPSA) is 72.4 Å². The number of hydrogen-bond acceptors (Lipinski definition) is 5. The van der Waals surface area contributed by atoms with Crippen LogP contribution in [0.25, 0.3) is 0 Å². The van der Waals surface area contributed by atoms with Crippen molar-refractivity contribution in [2.45, 2.75) is 23.8 Å². The van der Waals surface area contributed by atoms with E-state index in [4.69, 9.17) is 4.74 Å². The number of rotatable bonds is 5. The lowest BCUT2D eigenvalue weighted by Crippen LogP contribution is -2.48. The maximum absolute atomic E-state index is 13.4. The van der Waals surface area contributed by atoms with Gasteiger partial charge >= 0.3 is 0 Å². The van der Waals surface area contributed by atoms with Crippen LogP contribution >= 0.6 is 0 Å². The molecule has 0 N–H and O–H groups in total. The van der Waals surface area contributed by atoms with Crippen LogP contribution in [0.4, 0.5) is 4.39 Å². The van der Waals surface area contributed by atoms with Gasteiger partial charge in [-0.05, 0) is 31.0 Å². The minimum atomic E-state index is -3.76. The monoisotopic (exact) mass is 351 g/mol. The van der Waals surface area contributed by atoms with Crippen molar-refractivity contribution in [3.8, 4) is 0 Å². The number of aryl methyl sites for hydroxylation is 1. The number of morpholine rings is 1. The third-order valence-corrected chi connectivity index (χ3v) is 5.87. The summed E-state index contributed by atoms with van der Waals surface area (Å²) in [7, 11) is -3.76. The second kappa shape index (κ2) is 7.33. The SMILES string of the molecule is O=S(=O)(c1cccc(F)c1)N1CCOC[C@@H]1CCc1cnccn1. The van der Waals surface area contributed by atoms with E-state index in [0.29, 0.717) is 26.1 Å². The fourth-order valence-electron chi connectivity index (χ4n) is 2.72. The van der Waals surface area contributed by atoms with Gasteiger partial charge in [-0.1, -0.05) is 6.07 Å². The largest absolute Gasteiger partial charge is 0.378 e. The van der Waals surface area contributed by atoms with E-state index >= 15 is 0 Å². The molecular weight excluding hydrogens is 333 g/mol. The zero-order valence-corrected chi connectivity index (χ0v) is 13.8. The molecule has 6 nitrogen and oxygen atoms in total. The number of hydrogen-bond donors (Lipinski definition) is 0. The van der Waals surface area contributed by atoms with Gasteiger partial charge in [0.2, 0.25) is 10.0 Å². The lowest BCUT2D eigenvalue weighted by molar-refractivity contribution is 0.0297. The van der Waals surface area contributed by atoms with Gasteiger partial charge in [0.1, 0.15) is 5.82 Å². The third kappa shape index (κ3) is 3.77.